The molecule has 0 fully saturated rings. The lowest BCUT2D eigenvalue weighted by Gasteiger charge is -2.18. The number of carbonyl (C=O) groups excluding carboxylic acids is 2. The van der Waals surface area contributed by atoms with Crippen LogP contribution < -0.4 is 0 Å². The highest BCUT2D eigenvalue weighted by Crippen LogP contribution is 2.36. The molecule has 0 saturated carbocycles. The third-order valence-electron chi connectivity index (χ3n) is 10.2. The predicted molar refractivity (Wildman–Crippen MR) is 235 cm³/mol. The second-order valence-corrected chi connectivity index (χ2v) is 17.0. The van der Waals surface area contributed by atoms with E-state index in [0.29, 0.717) is 6.42 Å². The first-order chi connectivity index (χ1) is 27.3. The topological polar surface area (TPSA) is 119 Å². The minimum Gasteiger partial charge on any atom is -0.462 e. The molecule has 328 valence electrons. The van der Waals surface area contributed by atoms with E-state index in [0.717, 1.165) is 57.8 Å². The van der Waals surface area contributed by atoms with Crippen LogP contribution in [0.15, 0.2) is 36.5 Å². The lowest BCUT2D eigenvalue weighted by atomic mass is 10.0. The average Bonchev–Trinajstić information content (AvgIpc) is 3.17. The molecule has 2 N–H and O–H groups in total. The van der Waals surface area contributed by atoms with Crippen molar-refractivity contribution in [2.75, 3.05) is 13.2 Å². The number of esters is 2. The van der Waals surface area contributed by atoms with Gasteiger partial charge in [-0.1, -0.05) is 204 Å². The number of hydrogen-bond acceptors (Lipinski definition) is 6. The number of unbranched alkanes of at least 4 members (excludes halogenated alkanes) is 27. The zero-order valence-corrected chi connectivity index (χ0v) is 37.2. The molecule has 1 atom stereocenters. The first-order valence-corrected chi connectivity index (χ1v) is 24.8. The molecule has 0 spiro atoms. The van der Waals surface area contributed by atoms with Crippen molar-refractivity contribution in [3.63, 3.8) is 0 Å². The maximum Gasteiger partial charge on any atom is 0.469 e. The minimum absolute atomic E-state index is 0.188. The summed E-state index contributed by atoms with van der Waals surface area (Å²) in [7, 11) is -4.76. The SMILES string of the molecule is CCCCC/C=C\C/C=C\C/C=C\CCCCCCC(=O)O[C@H](COC(=O)CCCCCCCCCCCCCCCCCCCCCCC)COP(=O)(O)O. The molecule has 0 aromatic heterocycles. The number of phosphoric ester groups is 1. The van der Waals surface area contributed by atoms with Gasteiger partial charge >= 0.3 is 19.8 Å². The van der Waals surface area contributed by atoms with Gasteiger partial charge in [-0.25, -0.2) is 4.57 Å². The van der Waals surface area contributed by atoms with Crippen molar-refractivity contribution in [3.05, 3.63) is 36.5 Å². The smallest absolute Gasteiger partial charge is 0.462 e. The van der Waals surface area contributed by atoms with Gasteiger partial charge < -0.3 is 19.3 Å². The summed E-state index contributed by atoms with van der Waals surface area (Å²) in [6, 6.07) is 0. The average molecular weight is 811 g/mol. The molecule has 0 saturated heterocycles. The van der Waals surface area contributed by atoms with E-state index in [9.17, 15) is 14.2 Å². The van der Waals surface area contributed by atoms with Crippen LogP contribution in [0.3, 0.4) is 0 Å². The molecule has 8 nitrogen and oxygen atoms in total. The van der Waals surface area contributed by atoms with Crippen molar-refractivity contribution in [1.82, 2.24) is 0 Å². The van der Waals surface area contributed by atoms with Gasteiger partial charge in [-0.3, -0.25) is 14.1 Å². The van der Waals surface area contributed by atoms with E-state index in [1.165, 1.54) is 141 Å². The number of hydrogen-bond donors (Lipinski definition) is 2. The van der Waals surface area contributed by atoms with Crippen LogP contribution in [-0.2, 0) is 28.2 Å². The second kappa shape index (κ2) is 42.9. The van der Waals surface area contributed by atoms with Gasteiger partial charge in [-0.05, 0) is 51.4 Å². The summed E-state index contributed by atoms with van der Waals surface area (Å²) in [6.45, 7) is 3.67. The van der Waals surface area contributed by atoms with Crippen molar-refractivity contribution >= 4 is 19.8 Å². The van der Waals surface area contributed by atoms with Crippen LogP contribution in [0.25, 0.3) is 0 Å². The molecule has 0 aliphatic heterocycles. The number of rotatable bonds is 43. The van der Waals surface area contributed by atoms with Crippen LogP contribution in [0, 0.1) is 0 Å². The molecule has 0 aromatic carbocycles. The Balaban J connectivity index is 3.86. The summed E-state index contributed by atoms with van der Waals surface area (Å²) in [4.78, 5) is 43.0. The molecule has 0 rings (SSSR count). The third-order valence-corrected chi connectivity index (χ3v) is 10.6. The zero-order valence-electron chi connectivity index (χ0n) is 36.3. The van der Waals surface area contributed by atoms with Crippen molar-refractivity contribution in [2.45, 2.75) is 238 Å². The highest BCUT2D eigenvalue weighted by Gasteiger charge is 2.23. The molecule has 0 aliphatic rings. The van der Waals surface area contributed by atoms with E-state index in [-0.39, 0.29) is 19.4 Å². The molecule has 0 aliphatic carbocycles. The molecule has 56 heavy (non-hydrogen) atoms. The zero-order chi connectivity index (χ0) is 41.1. The Morgan fingerprint density at radius 3 is 1.23 bits per heavy atom. The molecule has 9 heteroatoms. The van der Waals surface area contributed by atoms with E-state index in [1.807, 2.05) is 0 Å². The monoisotopic (exact) mass is 811 g/mol. The number of allylic oxidation sites excluding steroid dienone is 6. The number of carbonyl (C=O) groups is 2. The fourth-order valence-corrected chi connectivity index (χ4v) is 7.04. The summed E-state index contributed by atoms with van der Waals surface area (Å²) < 4.78 is 26.4. The van der Waals surface area contributed by atoms with Crippen molar-refractivity contribution < 1.29 is 37.9 Å². The third kappa shape index (κ3) is 45.0. The largest absolute Gasteiger partial charge is 0.469 e. The van der Waals surface area contributed by atoms with Crippen LogP contribution in [0.2, 0.25) is 0 Å². The van der Waals surface area contributed by atoms with Gasteiger partial charge in [0.25, 0.3) is 0 Å². The van der Waals surface area contributed by atoms with Gasteiger partial charge in [-0.15, -0.1) is 0 Å². The maximum absolute atomic E-state index is 12.4. The Hall–Kier alpha value is -1.73. The Labute approximate surface area is 344 Å². The summed E-state index contributed by atoms with van der Waals surface area (Å²) in [5.74, 6) is -0.900. The molecule has 0 bridgehead atoms. The predicted octanol–water partition coefficient (Wildman–Crippen LogP) is 14.5. The van der Waals surface area contributed by atoms with Gasteiger partial charge in [0.05, 0.1) is 6.61 Å². The molecule has 0 aromatic rings. The molecular weight excluding hydrogens is 723 g/mol. The number of ether oxygens (including phenoxy) is 2. The van der Waals surface area contributed by atoms with Crippen LogP contribution in [-0.4, -0.2) is 41.0 Å². The summed E-state index contributed by atoms with van der Waals surface area (Å²) in [5.41, 5.74) is 0. The number of phosphoric acid groups is 1. The quantitative estimate of drug-likeness (QED) is 0.0270. The van der Waals surface area contributed by atoms with Crippen LogP contribution in [0.4, 0.5) is 0 Å². The lowest BCUT2D eigenvalue weighted by molar-refractivity contribution is -0.161. The highest BCUT2D eigenvalue weighted by atomic mass is 31.2. The van der Waals surface area contributed by atoms with E-state index in [1.54, 1.807) is 0 Å². The Morgan fingerprint density at radius 2 is 0.804 bits per heavy atom. The Bertz CT molecular complexity index is 1000. The van der Waals surface area contributed by atoms with Gasteiger partial charge in [0.15, 0.2) is 6.10 Å². The standard InChI is InChI=1S/C47H87O8P/c1-3-5-7-9-11-13-15-17-19-21-22-23-24-26-27-29-31-33-35-37-39-41-46(48)53-43-45(44-54-56(50,51)52)55-47(49)42-40-38-36-34-32-30-28-25-20-18-16-14-12-10-8-6-4-2/h12,14,18,20,28,30,45H,3-11,13,15-17,19,21-27,29,31-44H2,1-2H3,(H2,50,51,52)/b14-12-,20-18-,30-28-/t45-/m1/s1. The van der Waals surface area contributed by atoms with Crippen molar-refractivity contribution in [1.29, 1.82) is 0 Å². The molecule has 0 amide bonds. The minimum atomic E-state index is -4.76. The fourth-order valence-electron chi connectivity index (χ4n) is 6.68. The van der Waals surface area contributed by atoms with Gasteiger partial charge in [0.1, 0.15) is 6.61 Å². The first kappa shape index (κ1) is 54.3. The van der Waals surface area contributed by atoms with Gasteiger partial charge in [0, 0.05) is 12.8 Å². The molecule has 0 radical (unpaired) electrons. The second-order valence-electron chi connectivity index (χ2n) is 15.7. The van der Waals surface area contributed by atoms with Crippen LogP contribution in [0.1, 0.15) is 232 Å². The summed E-state index contributed by atoms with van der Waals surface area (Å²) in [5, 5.41) is 0. The van der Waals surface area contributed by atoms with E-state index < -0.39 is 32.5 Å². The van der Waals surface area contributed by atoms with Crippen LogP contribution in [0.5, 0.6) is 0 Å². The molecular formula is C47H87O8P. The summed E-state index contributed by atoms with van der Waals surface area (Å²) in [6.07, 6.45) is 51.6. The van der Waals surface area contributed by atoms with Crippen LogP contribution >= 0.6 is 7.82 Å². The van der Waals surface area contributed by atoms with Gasteiger partial charge in [-0.2, -0.15) is 0 Å². The highest BCUT2D eigenvalue weighted by molar-refractivity contribution is 7.46. The lowest BCUT2D eigenvalue weighted by Crippen LogP contribution is -2.29. The fraction of sp³-hybridized carbons (Fsp3) is 0.830. The van der Waals surface area contributed by atoms with Crippen molar-refractivity contribution in [3.8, 4) is 0 Å². The van der Waals surface area contributed by atoms with Gasteiger partial charge in [0.2, 0.25) is 0 Å². The first-order valence-electron chi connectivity index (χ1n) is 23.3. The van der Waals surface area contributed by atoms with E-state index in [2.05, 4.69) is 54.8 Å². The molecule has 0 unspecified atom stereocenters. The molecule has 0 heterocycles. The van der Waals surface area contributed by atoms with Crippen molar-refractivity contribution in [2.24, 2.45) is 0 Å². The normalized spacial score (nSPS) is 12.7. The maximum atomic E-state index is 12.4. The van der Waals surface area contributed by atoms with E-state index in [4.69, 9.17) is 19.3 Å². The summed E-state index contributed by atoms with van der Waals surface area (Å²) >= 11 is 0. The van der Waals surface area contributed by atoms with E-state index >= 15 is 0 Å². The Kier molecular flexibility index (Phi) is 41.5. The Morgan fingerprint density at radius 1 is 0.464 bits per heavy atom.